The van der Waals surface area contributed by atoms with Crippen molar-refractivity contribution < 1.29 is 13.9 Å². The zero-order valence-electron chi connectivity index (χ0n) is 8.27. The minimum atomic E-state index is -0.993. The topological polar surface area (TPSA) is 32.3 Å². The number of phenols is 1. The molecule has 0 aliphatic rings. The molecule has 0 aliphatic heterocycles. The monoisotopic (exact) mass is 211 g/mol. The van der Waals surface area contributed by atoms with Gasteiger partial charge in [-0.1, -0.05) is 11.8 Å². The van der Waals surface area contributed by atoms with Crippen molar-refractivity contribution in [3.8, 4) is 17.6 Å². The van der Waals surface area contributed by atoms with Gasteiger partial charge in [0.1, 0.15) is 5.82 Å². The van der Waals surface area contributed by atoms with Gasteiger partial charge in [0.2, 0.25) is 0 Å². The molecule has 0 heterocycles. The van der Waals surface area contributed by atoms with Crippen LogP contribution in [0, 0.1) is 23.5 Å². The van der Waals surface area contributed by atoms with Crippen LogP contribution in [0.3, 0.4) is 0 Å². The highest BCUT2D eigenvalue weighted by Crippen LogP contribution is 2.21. The van der Waals surface area contributed by atoms with Crippen molar-refractivity contribution in [3.05, 3.63) is 29.3 Å². The molecule has 1 aromatic carbocycles. The fourth-order valence-electron chi connectivity index (χ4n) is 1.01. The van der Waals surface area contributed by atoms with Crippen molar-refractivity contribution in [2.75, 3.05) is 13.6 Å². The molecule has 1 aromatic rings. The average Bonchev–Trinajstić information content (AvgIpc) is 2.19. The van der Waals surface area contributed by atoms with Gasteiger partial charge >= 0.3 is 0 Å². The summed E-state index contributed by atoms with van der Waals surface area (Å²) in [5.41, 5.74) is -0.0244. The fraction of sp³-hybridized carbons (Fsp3) is 0.273. The van der Waals surface area contributed by atoms with Crippen molar-refractivity contribution in [2.24, 2.45) is 0 Å². The highest BCUT2D eigenvalue weighted by Gasteiger charge is 2.07. The molecule has 0 radical (unpaired) electrons. The van der Waals surface area contributed by atoms with Crippen molar-refractivity contribution in [2.45, 2.75) is 6.42 Å². The molecule has 80 valence electrons. The molecule has 4 heteroatoms. The molecule has 0 atom stereocenters. The van der Waals surface area contributed by atoms with Gasteiger partial charge < -0.3 is 10.4 Å². The van der Waals surface area contributed by atoms with Crippen molar-refractivity contribution in [3.63, 3.8) is 0 Å². The lowest BCUT2D eigenvalue weighted by atomic mass is 10.2. The second kappa shape index (κ2) is 5.32. The van der Waals surface area contributed by atoms with Crippen LogP contribution in [-0.4, -0.2) is 18.7 Å². The number of aromatic hydroxyl groups is 1. The van der Waals surface area contributed by atoms with E-state index in [1.165, 1.54) is 0 Å². The molecule has 0 spiro atoms. The molecule has 2 N–H and O–H groups in total. The van der Waals surface area contributed by atoms with Crippen molar-refractivity contribution in [1.82, 2.24) is 5.32 Å². The summed E-state index contributed by atoms with van der Waals surface area (Å²) < 4.78 is 25.6. The van der Waals surface area contributed by atoms with Gasteiger partial charge in [-0.3, -0.25) is 0 Å². The summed E-state index contributed by atoms with van der Waals surface area (Å²) in [5, 5.41) is 12.1. The zero-order chi connectivity index (χ0) is 11.3. The van der Waals surface area contributed by atoms with Gasteiger partial charge in [-0.25, -0.2) is 8.78 Å². The summed E-state index contributed by atoms with van der Waals surface area (Å²) in [6.45, 7) is 0.686. The van der Waals surface area contributed by atoms with E-state index in [0.717, 1.165) is 6.07 Å². The molecule has 15 heavy (non-hydrogen) atoms. The van der Waals surface area contributed by atoms with E-state index in [9.17, 15) is 13.9 Å². The summed E-state index contributed by atoms with van der Waals surface area (Å²) in [4.78, 5) is 0. The lowest BCUT2D eigenvalue weighted by molar-refractivity contribution is 0.426. The van der Waals surface area contributed by atoms with Gasteiger partial charge in [0.25, 0.3) is 0 Å². The number of halogens is 2. The number of nitrogens with one attached hydrogen (secondary N) is 1. The van der Waals surface area contributed by atoms with Crippen LogP contribution >= 0.6 is 0 Å². The van der Waals surface area contributed by atoms with Crippen LogP contribution in [0.15, 0.2) is 12.1 Å². The Kier molecular flexibility index (Phi) is 4.07. The highest BCUT2D eigenvalue weighted by atomic mass is 19.1. The third-order valence-corrected chi connectivity index (χ3v) is 1.75. The number of rotatable bonds is 2. The first-order valence-electron chi connectivity index (χ1n) is 4.46. The molecule has 0 saturated heterocycles. The Morgan fingerprint density at radius 1 is 1.40 bits per heavy atom. The minimum absolute atomic E-state index is 0.0244. The molecular formula is C11H11F2NO. The van der Waals surface area contributed by atoms with E-state index in [4.69, 9.17) is 0 Å². The van der Waals surface area contributed by atoms with Gasteiger partial charge in [0.15, 0.2) is 11.6 Å². The molecule has 0 fully saturated rings. The van der Waals surface area contributed by atoms with Crippen LogP contribution in [0.4, 0.5) is 8.78 Å². The third-order valence-electron chi connectivity index (χ3n) is 1.75. The first-order valence-corrected chi connectivity index (χ1v) is 4.46. The van der Waals surface area contributed by atoms with Crippen LogP contribution in [0.25, 0.3) is 0 Å². The second-order valence-corrected chi connectivity index (χ2v) is 2.94. The highest BCUT2D eigenvalue weighted by molar-refractivity contribution is 5.46. The Morgan fingerprint density at radius 3 is 2.80 bits per heavy atom. The van der Waals surface area contributed by atoms with E-state index in [1.807, 2.05) is 0 Å². The lowest BCUT2D eigenvalue weighted by Crippen LogP contribution is -2.05. The Morgan fingerprint density at radius 2 is 2.13 bits per heavy atom. The smallest absolute Gasteiger partial charge is 0.169 e. The van der Waals surface area contributed by atoms with E-state index in [1.54, 1.807) is 7.05 Å². The Balaban J connectivity index is 2.88. The molecule has 0 amide bonds. The maximum Gasteiger partial charge on any atom is 0.169 e. The lowest BCUT2D eigenvalue weighted by Gasteiger charge is -1.98. The van der Waals surface area contributed by atoms with Gasteiger partial charge in [-0.2, -0.15) is 0 Å². The Hall–Kier alpha value is -1.60. The van der Waals surface area contributed by atoms with Gasteiger partial charge in [-0.05, 0) is 13.1 Å². The molecule has 0 aliphatic carbocycles. The molecule has 0 saturated carbocycles. The quantitative estimate of drug-likeness (QED) is 0.575. The average molecular weight is 211 g/mol. The van der Waals surface area contributed by atoms with Crippen LogP contribution < -0.4 is 5.32 Å². The molecule has 0 aromatic heterocycles. The van der Waals surface area contributed by atoms with Crippen LogP contribution in [0.2, 0.25) is 0 Å². The predicted molar refractivity (Wildman–Crippen MR) is 53.4 cm³/mol. The molecule has 0 bridgehead atoms. The number of hydrogen-bond donors (Lipinski definition) is 2. The first-order chi connectivity index (χ1) is 7.15. The van der Waals surface area contributed by atoms with Crippen LogP contribution in [0.1, 0.15) is 12.0 Å². The van der Waals surface area contributed by atoms with E-state index in [-0.39, 0.29) is 5.56 Å². The van der Waals surface area contributed by atoms with Crippen LogP contribution in [0.5, 0.6) is 5.75 Å². The number of hydrogen-bond acceptors (Lipinski definition) is 2. The van der Waals surface area contributed by atoms with Gasteiger partial charge in [-0.15, -0.1) is 0 Å². The van der Waals surface area contributed by atoms with E-state index < -0.39 is 17.4 Å². The van der Waals surface area contributed by atoms with E-state index in [2.05, 4.69) is 17.2 Å². The molecular weight excluding hydrogens is 200 g/mol. The summed E-state index contributed by atoms with van der Waals surface area (Å²) >= 11 is 0. The van der Waals surface area contributed by atoms with Crippen molar-refractivity contribution in [1.29, 1.82) is 0 Å². The normalized spacial score (nSPS) is 9.53. The van der Waals surface area contributed by atoms with Crippen LogP contribution in [-0.2, 0) is 0 Å². The summed E-state index contributed by atoms with van der Waals surface area (Å²) in [6, 6.07) is 1.62. The summed E-state index contributed by atoms with van der Waals surface area (Å²) in [7, 11) is 1.78. The summed E-state index contributed by atoms with van der Waals surface area (Å²) in [5.74, 6) is 2.86. The molecule has 2 nitrogen and oxygen atoms in total. The minimum Gasteiger partial charge on any atom is -0.504 e. The molecule has 0 unspecified atom stereocenters. The number of phenolic OH excluding ortho intramolecular Hbond substituents is 1. The summed E-state index contributed by atoms with van der Waals surface area (Å²) in [6.07, 6.45) is 0.550. The van der Waals surface area contributed by atoms with E-state index in [0.29, 0.717) is 19.0 Å². The standard InChI is InChI=1S/C11H11F2NO/c1-14-5-3-2-4-8-6-9(12)7-10(13)11(8)15/h6-7,14-15H,3,5H2,1H3. The fourth-order valence-corrected chi connectivity index (χ4v) is 1.01. The van der Waals surface area contributed by atoms with Gasteiger partial charge in [0, 0.05) is 19.0 Å². The SMILES string of the molecule is CNCCC#Cc1cc(F)cc(F)c1O. The Labute approximate surface area is 86.9 Å². The molecule has 1 rings (SSSR count). The predicted octanol–water partition coefficient (Wildman–Crippen LogP) is 1.63. The Bertz CT molecular complexity index is 407. The maximum absolute atomic E-state index is 12.8. The van der Waals surface area contributed by atoms with Gasteiger partial charge in [0.05, 0.1) is 5.56 Å². The second-order valence-electron chi connectivity index (χ2n) is 2.94. The maximum atomic E-state index is 12.8. The zero-order valence-corrected chi connectivity index (χ0v) is 8.27. The van der Waals surface area contributed by atoms with E-state index >= 15 is 0 Å². The first kappa shape index (κ1) is 11.5. The third kappa shape index (κ3) is 3.22. The van der Waals surface area contributed by atoms with Crippen molar-refractivity contribution >= 4 is 0 Å². The largest absolute Gasteiger partial charge is 0.504 e. The number of benzene rings is 1.